The Kier molecular flexibility index (Phi) is 4.84. The number of ether oxygens (including phenoxy) is 1. The van der Waals surface area contributed by atoms with Crippen molar-refractivity contribution in [1.29, 1.82) is 0 Å². The molecule has 128 valence electrons. The van der Waals surface area contributed by atoms with E-state index in [1.807, 2.05) is 19.9 Å². The third kappa shape index (κ3) is 3.00. The molecule has 2 atom stereocenters. The van der Waals surface area contributed by atoms with Crippen LogP contribution in [0.1, 0.15) is 28.7 Å². The van der Waals surface area contributed by atoms with Crippen LogP contribution in [0.5, 0.6) is 0 Å². The number of aliphatic hydroxyl groups excluding tert-OH is 1. The van der Waals surface area contributed by atoms with E-state index in [9.17, 15) is 18.3 Å². The monoisotopic (exact) mass is 341 g/mol. The van der Waals surface area contributed by atoms with Gasteiger partial charge < -0.3 is 9.84 Å². The minimum Gasteiger partial charge on any atom is -0.468 e. The number of hydrogen-bond donors (Lipinski definition) is 1. The lowest BCUT2D eigenvalue weighted by Gasteiger charge is -2.25. The predicted molar refractivity (Wildman–Crippen MR) is 85.7 cm³/mol. The highest BCUT2D eigenvalue weighted by Crippen LogP contribution is 2.33. The Hall–Kier alpha value is -1.44. The number of sulfonamides is 1. The molecule has 0 aromatic heterocycles. The van der Waals surface area contributed by atoms with E-state index in [1.54, 1.807) is 13.8 Å². The highest BCUT2D eigenvalue weighted by molar-refractivity contribution is 7.89. The molecule has 0 unspecified atom stereocenters. The van der Waals surface area contributed by atoms with Crippen molar-refractivity contribution < 1.29 is 23.1 Å². The van der Waals surface area contributed by atoms with Crippen molar-refractivity contribution in [3.63, 3.8) is 0 Å². The Morgan fingerprint density at radius 3 is 2.22 bits per heavy atom. The fraction of sp³-hybridized carbons (Fsp3) is 0.562. The first-order valence-electron chi connectivity index (χ1n) is 7.46. The largest absolute Gasteiger partial charge is 0.468 e. The second-order valence-corrected chi connectivity index (χ2v) is 7.92. The Morgan fingerprint density at radius 1 is 1.22 bits per heavy atom. The summed E-state index contributed by atoms with van der Waals surface area (Å²) < 4.78 is 32.1. The quantitative estimate of drug-likeness (QED) is 0.836. The van der Waals surface area contributed by atoms with Crippen molar-refractivity contribution in [3.8, 4) is 0 Å². The van der Waals surface area contributed by atoms with Gasteiger partial charge in [0.05, 0.1) is 18.1 Å². The molecule has 0 saturated carbocycles. The average Bonchev–Trinajstić information content (AvgIpc) is 2.87. The Balaban J connectivity index is 2.61. The van der Waals surface area contributed by atoms with Crippen LogP contribution in [-0.4, -0.2) is 49.6 Å². The van der Waals surface area contributed by atoms with Crippen molar-refractivity contribution in [1.82, 2.24) is 4.31 Å². The number of hydrogen-bond acceptors (Lipinski definition) is 5. The average molecular weight is 341 g/mol. The van der Waals surface area contributed by atoms with E-state index in [-0.39, 0.29) is 17.9 Å². The Labute approximate surface area is 137 Å². The van der Waals surface area contributed by atoms with E-state index in [0.717, 1.165) is 15.4 Å². The molecule has 0 amide bonds. The lowest BCUT2D eigenvalue weighted by Crippen LogP contribution is -2.41. The van der Waals surface area contributed by atoms with Gasteiger partial charge in [0.1, 0.15) is 6.04 Å². The predicted octanol–water partition coefficient (Wildman–Crippen LogP) is 1.22. The molecule has 1 heterocycles. The van der Waals surface area contributed by atoms with Crippen LogP contribution in [0.3, 0.4) is 0 Å². The van der Waals surface area contributed by atoms with Gasteiger partial charge in [-0.15, -0.1) is 0 Å². The van der Waals surface area contributed by atoms with Gasteiger partial charge in [0.2, 0.25) is 10.0 Å². The summed E-state index contributed by atoms with van der Waals surface area (Å²) >= 11 is 0. The van der Waals surface area contributed by atoms with Crippen LogP contribution in [0, 0.1) is 27.7 Å². The molecule has 0 radical (unpaired) electrons. The number of rotatable bonds is 3. The number of aliphatic hydroxyl groups is 1. The molecule has 1 saturated heterocycles. The first-order valence-corrected chi connectivity index (χ1v) is 8.90. The fourth-order valence-electron chi connectivity index (χ4n) is 3.09. The van der Waals surface area contributed by atoms with Gasteiger partial charge >= 0.3 is 5.97 Å². The maximum absolute atomic E-state index is 13.2. The van der Waals surface area contributed by atoms with Crippen molar-refractivity contribution in [2.45, 2.75) is 51.2 Å². The number of nitrogens with zero attached hydrogens (tertiary/aromatic N) is 1. The van der Waals surface area contributed by atoms with Gasteiger partial charge in [0, 0.05) is 13.0 Å². The number of esters is 1. The maximum Gasteiger partial charge on any atom is 0.324 e. The van der Waals surface area contributed by atoms with Crippen LogP contribution in [0.2, 0.25) is 0 Å². The number of carbonyl (C=O) groups is 1. The summed E-state index contributed by atoms with van der Waals surface area (Å²) in [5.74, 6) is -0.648. The molecule has 1 aromatic rings. The molecule has 1 N–H and O–H groups in total. The molecule has 0 spiro atoms. The minimum atomic E-state index is -3.91. The van der Waals surface area contributed by atoms with Gasteiger partial charge in [0.15, 0.2) is 0 Å². The summed E-state index contributed by atoms with van der Waals surface area (Å²) in [4.78, 5) is 12.1. The second-order valence-electron chi connectivity index (χ2n) is 6.09. The van der Waals surface area contributed by atoms with Crippen molar-refractivity contribution in [2.75, 3.05) is 13.7 Å². The molecule has 1 aliphatic rings. The van der Waals surface area contributed by atoms with Gasteiger partial charge in [-0.1, -0.05) is 6.07 Å². The molecule has 23 heavy (non-hydrogen) atoms. The minimum absolute atomic E-state index is 0.0504. The number of β-amino-alcohol motifs (C(OH)–C–C–N with tert-alkyl or cyclic N) is 1. The standard InChI is InChI=1S/C16H23NO5S/c1-9-6-10(2)12(4)15(11(9)3)23(20,21)17-8-13(18)7-14(17)16(19)22-5/h6,13-14,18H,7-8H2,1-5H3/t13-,14-/m0/s1. The fourth-order valence-corrected chi connectivity index (χ4v) is 5.29. The molecule has 6 nitrogen and oxygen atoms in total. The van der Waals surface area contributed by atoms with E-state index >= 15 is 0 Å². The van der Waals surface area contributed by atoms with Crippen LogP contribution in [-0.2, 0) is 19.6 Å². The Morgan fingerprint density at radius 2 is 1.74 bits per heavy atom. The first-order chi connectivity index (χ1) is 10.6. The van der Waals surface area contributed by atoms with Gasteiger partial charge in [-0.05, 0) is 49.9 Å². The SMILES string of the molecule is COC(=O)[C@@H]1C[C@H](O)CN1S(=O)(=O)c1c(C)c(C)cc(C)c1C. The third-order valence-electron chi connectivity index (χ3n) is 4.57. The van der Waals surface area contributed by atoms with Gasteiger partial charge in [-0.3, -0.25) is 4.79 Å². The molecule has 0 aliphatic carbocycles. The number of benzene rings is 1. The maximum atomic E-state index is 13.2. The lowest BCUT2D eigenvalue weighted by atomic mass is 10.0. The summed E-state index contributed by atoms with van der Waals surface area (Å²) in [7, 11) is -2.70. The summed E-state index contributed by atoms with van der Waals surface area (Å²) in [5, 5.41) is 9.86. The number of methoxy groups -OCH3 is 1. The molecule has 1 fully saturated rings. The van der Waals surface area contributed by atoms with Crippen LogP contribution >= 0.6 is 0 Å². The van der Waals surface area contributed by atoms with E-state index in [0.29, 0.717) is 11.1 Å². The number of aryl methyl sites for hydroxylation is 2. The zero-order chi connectivity index (χ0) is 17.5. The lowest BCUT2D eigenvalue weighted by molar-refractivity contribution is -0.144. The highest BCUT2D eigenvalue weighted by Gasteiger charge is 2.45. The number of carbonyl (C=O) groups excluding carboxylic acids is 1. The van der Waals surface area contributed by atoms with Crippen LogP contribution in [0.4, 0.5) is 0 Å². The summed E-state index contributed by atoms with van der Waals surface area (Å²) in [6.45, 7) is 7.13. The third-order valence-corrected chi connectivity index (χ3v) is 6.72. The van der Waals surface area contributed by atoms with Gasteiger partial charge in [-0.25, -0.2) is 8.42 Å². The zero-order valence-corrected chi connectivity index (χ0v) is 14.9. The molecule has 7 heteroatoms. The van der Waals surface area contributed by atoms with Crippen LogP contribution in [0.15, 0.2) is 11.0 Å². The smallest absolute Gasteiger partial charge is 0.324 e. The van der Waals surface area contributed by atoms with Gasteiger partial charge in [-0.2, -0.15) is 4.31 Å². The molecule has 2 rings (SSSR count). The van der Waals surface area contributed by atoms with Crippen molar-refractivity contribution >= 4 is 16.0 Å². The van der Waals surface area contributed by atoms with E-state index < -0.39 is 28.1 Å². The topological polar surface area (TPSA) is 83.9 Å². The second kappa shape index (κ2) is 6.22. The zero-order valence-electron chi connectivity index (χ0n) is 14.1. The molecular weight excluding hydrogens is 318 g/mol. The first kappa shape index (κ1) is 17.9. The van der Waals surface area contributed by atoms with Crippen molar-refractivity contribution in [2.24, 2.45) is 0 Å². The summed E-state index contributed by atoms with van der Waals surface area (Å²) in [5.41, 5.74) is 3.08. The van der Waals surface area contributed by atoms with E-state index in [4.69, 9.17) is 4.74 Å². The summed E-state index contributed by atoms with van der Waals surface area (Å²) in [6.07, 6.45) is -0.824. The van der Waals surface area contributed by atoms with Crippen LogP contribution < -0.4 is 0 Å². The summed E-state index contributed by atoms with van der Waals surface area (Å²) in [6, 6.07) is 0.958. The van der Waals surface area contributed by atoms with Gasteiger partial charge in [0.25, 0.3) is 0 Å². The highest BCUT2D eigenvalue weighted by atomic mass is 32.2. The Bertz CT molecular complexity index is 715. The molecule has 1 aromatic carbocycles. The van der Waals surface area contributed by atoms with Crippen molar-refractivity contribution in [3.05, 3.63) is 28.3 Å². The molecular formula is C16H23NO5S. The molecule has 0 bridgehead atoms. The van der Waals surface area contributed by atoms with Crippen LogP contribution in [0.25, 0.3) is 0 Å². The van der Waals surface area contributed by atoms with E-state index in [1.165, 1.54) is 7.11 Å². The van der Waals surface area contributed by atoms with E-state index in [2.05, 4.69) is 0 Å². The normalized spacial score (nSPS) is 22.3. The molecule has 1 aliphatic heterocycles.